The zero-order chi connectivity index (χ0) is 21.0. The van der Waals surface area contributed by atoms with Gasteiger partial charge in [0.05, 0.1) is 4.90 Å². The number of halogens is 1. The van der Waals surface area contributed by atoms with E-state index in [-0.39, 0.29) is 16.8 Å². The highest BCUT2D eigenvalue weighted by atomic mass is 32.2. The molecule has 0 spiro atoms. The normalized spacial score (nSPS) is 17.7. The maximum Gasteiger partial charge on any atom is 0.319 e. The molecule has 2 amide bonds. The Hall–Kier alpha value is -2.45. The molecule has 6 nitrogen and oxygen atoms in total. The Morgan fingerprint density at radius 1 is 1.17 bits per heavy atom. The van der Waals surface area contributed by atoms with Crippen molar-refractivity contribution in [1.29, 1.82) is 0 Å². The Kier molecular flexibility index (Phi) is 6.54. The van der Waals surface area contributed by atoms with Crippen molar-refractivity contribution in [1.82, 2.24) is 9.62 Å². The van der Waals surface area contributed by atoms with Gasteiger partial charge in [-0.1, -0.05) is 23.8 Å². The van der Waals surface area contributed by atoms with E-state index in [0.29, 0.717) is 37.3 Å². The maximum atomic E-state index is 13.6. The second kappa shape index (κ2) is 8.92. The van der Waals surface area contributed by atoms with E-state index in [1.807, 2.05) is 31.2 Å². The predicted octanol–water partition coefficient (Wildman–Crippen LogP) is 3.66. The lowest BCUT2D eigenvalue weighted by Crippen LogP contribution is -2.44. The second-order valence-electron chi connectivity index (χ2n) is 7.48. The number of benzene rings is 2. The van der Waals surface area contributed by atoms with Gasteiger partial charge in [0.2, 0.25) is 10.0 Å². The van der Waals surface area contributed by atoms with Gasteiger partial charge in [0.1, 0.15) is 5.82 Å². The summed E-state index contributed by atoms with van der Waals surface area (Å²) in [5.41, 5.74) is 2.32. The SMILES string of the molecule is Cc1ccc(NC(=O)NC[C@@H]2CCCN(S(=O)(=O)c3cc(F)ccc3C)C2)cc1. The van der Waals surface area contributed by atoms with E-state index in [9.17, 15) is 17.6 Å². The molecule has 0 radical (unpaired) electrons. The van der Waals surface area contributed by atoms with Gasteiger partial charge >= 0.3 is 6.03 Å². The average Bonchev–Trinajstić information content (AvgIpc) is 2.70. The molecule has 2 N–H and O–H groups in total. The maximum absolute atomic E-state index is 13.6. The predicted molar refractivity (Wildman–Crippen MR) is 111 cm³/mol. The van der Waals surface area contributed by atoms with E-state index >= 15 is 0 Å². The fourth-order valence-corrected chi connectivity index (χ4v) is 5.24. The monoisotopic (exact) mass is 419 g/mol. The number of nitrogens with zero attached hydrogens (tertiary/aromatic N) is 1. The van der Waals surface area contributed by atoms with Crippen LogP contribution in [0, 0.1) is 25.6 Å². The molecule has 0 saturated carbocycles. The van der Waals surface area contributed by atoms with Crippen LogP contribution in [0.5, 0.6) is 0 Å². The number of anilines is 1. The van der Waals surface area contributed by atoms with Gasteiger partial charge in [0, 0.05) is 25.3 Å². The summed E-state index contributed by atoms with van der Waals surface area (Å²) in [5, 5.41) is 5.58. The number of sulfonamides is 1. The summed E-state index contributed by atoms with van der Waals surface area (Å²) in [6, 6.07) is 10.9. The number of hydrogen-bond acceptors (Lipinski definition) is 3. The van der Waals surface area contributed by atoms with Crippen molar-refractivity contribution in [2.45, 2.75) is 31.6 Å². The Morgan fingerprint density at radius 3 is 2.62 bits per heavy atom. The van der Waals surface area contributed by atoms with Gasteiger partial charge in [0.25, 0.3) is 0 Å². The third-order valence-electron chi connectivity index (χ3n) is 5.11. The van der Waals surface area contributed by atoms with Crippen molar-refractivity contribution in [3.8, 4) is 0 Å². The molecule has 1 aliphatic heterocycles. The summed E-state index contributed by atoms with van der Waals surface area (Å²) >= 11 is 0. The number of amides is 2. The van der Waals surface area contributed by atoms with Gasteiger partial charge in [0.15, 0.2) is 0 Å². The number of piperidine rings is 1. The molecular formula is C21H26FN3O3S. The highest BCUT2D eigenvalue weighted by Gasteiger charge is 2.31. The van der Waals surface area contributed by atoms with Crippen LogP contribution >= 0.6 is 0 Å². The Balaban J connectivity index is 1.59. The van der Waals surface area contributed by atoms with Crippen LogP contribution < -0.4 is 10.6 Å². The first-order valence-electron chi connectivity index (χ1n) is 9.63. The van der Waals surface area contributed by atoms with Crippen LogP contribution in [0.15, 0.2) is 47.4 Å². The number of carbonyl (C=O) groups excluding carboxylic acids is 1. The smallest absolute Gasteiger partial charge is 0.319 e. The van der Waals surface area contributed by atoms with Gasteiger partial charge in [-0.3, -0.25) is 0 Å². The van der Waals surface area contributed by atoms with Crippen molar-refractivity contribution in [3.63, 3.8) is 0 Å². The van der Waals surface area contributed by atoms with Crippen LogP contribution in [-0.2, 0) is 10.0 Å². The van der Waals surface area contributed by atoms with E-state index in [1.54, 1.807) is 6.92 Å². The highest BCUT2D eigenvalue weighted by molar-refractivity contribution is 7.89. The summed E-state index contributed by atoms with van der Waals surface area (Å²) < 4.78 is 40.9. The molecule has 0 aromatic heterocycles. The van der Waals surface area contributed by atoms with Crippen molar-refractivity contribution in [3.05, 3.63) is 59.4 Å². The molecule has 2 aromatic rings. The number of aryl methyl sites for hydroxylation is 2. The van der Waals surface area contributed by atoms with Crippen molar-refractivity contribution >= 4 is 21.7 Å². The lowest BCUT2D eigenvalue weighted by Gasteiger charge is -2.32. The largest absolute Gasteiger partial charge is 0.338 e. The first-order chi connectivity index (χ1) is 13.8. The minimum atomic E-state index is -3.77. The third-order valence-corrected chi connectivity index (χ3v) is 7.12. The van der Waals surface area contributed by atoms with Crippen LogP contribution in [0.3, 0.4) is 0 Å². The molecule has 1 aliphatic rings. The van der Waals surface area contributed by atoms with Crippen LogP contribution in [0.2, 0.25) is 0 Å². The fourth-order valence-electron chi connectivity index (χ4n) is 3.45. The summed E-state index contributed by atoms with van der Waals surface area (Å²) in [7, 11) is -3.77. The Labute approximate surface area is 171 Å². The standard InChI is InChI=1S/C21H26FN3O3S/c1-15-5-9-19(10-6-15)24-21(26)23-13-17-4-3-11-25(14-17)29(27,28)20-12-18(22)8-7-16(20)2/h5-10,12,17H,3-4,11,13-14H2,1-2H3,(H2,23,24,26)/t17-/m0/s1. The van der Waals surface area contributed by atoms with Crippen molar-refractivity contribution < 1.29 is 17.6 Å². The van der Waals surface area contributed by atoms with Gasteiger partial charge < -0.3 is 10.6 Å². The summed E-state index contributed by atoms with van der Waals surface area (Å²) in [5.74, 6) is -0.576. The van der Waals surface area contributed by atoms with Crippen molar-refractivity contribution in [2.75, 3.05) is 25.0 Å². The molecule has 29 heavy (non-hydrogen) atoms. The molecule has 3 rings (SSSR count). The quantitative estimate of drug-likeness (QED) is 0.776. The lowest BCUT2D eigenvalue weighted by atomic mass is 10.00. The summed E-state index contributed by atoms with van der Waals surface area (Å²) in [6.45, 7) is 4.68. The van der Waals surface area contributed by atoms with E-state index in [1.165, 1.54) is 16.4 Å². The van der Waals surface area contributed by atoms with Crippen LogP contribution in [-0.4, -0.2) is 38.4 Å². The van der Waals surface area contributed by atoms with Gasteiger partial charge in [-0.2, -0.15) is 4.31 Å². The number of urea groups is 1. The summed E-state index contributed by atoms with van der Waals surface area (Å²) in [6.07, 6.45) is 1.51. The van der Waals surface area contributed by atoms with Gasteiger partial charge in [-0.25, -0.2) is 17.6 Å². The zero-order valence-electron chi connectivity index (χ0n) is 16.6. The molecule has 1 atom stereocenters. The molecule has 8 heteroatoms. The molecule has 156 valence electrons. The van der Waals surface area contributed by atoms with Gasteiger partial charge in [-0.15, -0.1) is 0 Å². The minimum absolute atomic E-state index is 0.00298. The number of hydrogen-bond donors (Lipinski definition) is 2. The first-order valence-corrected chi connectivity index (χ1v) is 11.1. The van der Waals surface area contributed by atoms with Crippen LogP contribution in [0.1, 0.15) is 24.0 Å². The molecule has 1 saturated heterocycles. The van der Waals surface area contributed by atoms with E-state index in [4.69, 9.17) is 0 Å². The Bertz CT molecular complexity index is 977. The topological polar surface area (TPSA) is 78.5 Å². The fraction of sp³-hybridized carbons (Fsp3) is 0.381. The average molecular weight is 420 g/mol. The van der Waals surface area contributed by atoms with E-state index < -0.39 is 15.8 Å². The second-order valence-corrected chi connectivity index (χ2v) is 9.39. The van der Waals surface area contributed by atoms with E-state index in [2.05, 4.69) is 10.6 Å². The first kappa shape index (κ1) is 21.3. The molecule has 0 unspecified atom stereocenters. The minimum Gasteiger partial charge on any atom is -0.338 e. The van der Waals surface area contributed by atoms with Gasteiger partial charge in [-0.05, 0) is 62.4 Å². The third kappa shape index (κ3) is 5.33. The summed E-state index contributed by atoms with van der Waals surface area (Å²) in [4.78, 5) is 12.1. The molecule has 0 bridgehead atoms. The molecule has 0 aliphatic carbocycles. The van der Waals surface area contributed by atoms with E-state index in [0.717, 1.165) is 18.1 Å². The molecular weight excluding hydrogens is 393 g/mol. The zero-order valence-corrected chi connectivity index (χ0v) is 17.4. The van der Waals surface area contributed by atoms with Crippen LogP contribution in [0.25, 0.3) is 0 Å². The van der Waals surface area contributed by atoms with Crippen LogP contribution in [0.4, 0.5) is 14.9 Å². The lowest BCUT2D eigenvalue weighted by molar-refractivity contribution is 0.238. The number of nitrogens with one attached hydrogen (secondary N) is 2. The number of carbonyl (C=O) groups is 1. The molecule has 2 aromatic carbocycles. The highest BCUT2D eigenvalue weighted by Crippen LogP contribution is 2.26. The number of rotatable bonds is 5. The van der Waals surface area contributed by atoms with Crippen molar-refractivity contribution in [2.24, 2.45) is 5.92 Å². The Morgan fingerprint density at radius 2 is 1.90 bits per heavy atom. The molecule has 1 heterocycles. The molecule has 1 fully saturated rings.